The molecule has 0 radical (unpaired) electrons. The molecule has 4 aromatic rings. The Hall–Kier alpha value is -3.97. The lowest BCUT2D eigenvalue weighted by atomic mass is 10.1. The van der Waals surface area contributed by atoms with Gasteiger partial charge in [-0.05, 0) is 48.7 Å². The van der Waals surface area contributed by atoms with Gasteiger partial charge in [0.1, 0.15) is 11.5 Å². The zero-order chi connectivity index (χ0) is 23.9. The van der Waals surface area contributed by atoms with Crippen LogP contribution in [0.15, 0.2) is 101 Å². The van der Waals surface area contributed by atoms with Gasteiger partial charge in [-0.2, -0.15) is 5.10 Å². The van der Waals surface area contributed by atoms with Crippen molar-refractivity contribution in [2.75, 3.05) is 0 Å². The van der Waals surface area contributed by atoms with Crippen LogP contribution in [0.5, 0.6) is 11.5 Å². The van der Waals surface area contributed by atoms with Crippen molar-refractivity contribution in [3.8, 4) is 11.5 Å². The maximum absolute atomic E-state index is 12.5. The van der Waals surface area contributed by atoms with E-state index in [4.69, 9.17) is 9.47 Å². The van der Waals surface area contributed by atoms with E-state index < -0.39 is 18.0 Å². The predicted octanol–water partition coefficient (Wildman–Crippen LogP) is 5.74. The van der Waals surface area contributed by atoms with E-state index in [9.17, 15) is 9.59 Å². The van der Waals surface area contributed by atoms with Crippen molar-refractivity contribution in [3.63, 3.8) is 0 Å². The maximum Gasteiger partial charge on any atom is 0.343 e. The van der Waals surface area contributed by atoms with Crippen LogP contribution < -0.4 is 14.9 Å². The number of fused-ring (bicyclic) bond motifs is 1. The van der Waals surface area contributed by atoms with Crippen LogP contribution in [-0.2, 0) is 4.79 Å². The molecule has 0 aromatic heterocycles. The molecule has 0 aliphatic carbocycles. The fourth-order valence-corrected chi connectivity index (χ4v) is 3.62. The van der Waals surface area contributed by atoms with E-state index in [1.165, 1.54) is 6.21 Å². The molecule has 0 fully saturated rings. The molecule has 34 heavy (non-hydrogen) atoms. The molecule has 170 valence electrons. The Bertz CT molecular complexity index is 1350. The SMILES string of the molecule is C[C@H](Oc1cccc2ccccc12)C(=O)N/N=C\c1cc(Br)ccc1OC(=O)c1ccccc1. The summed E-state index contributed by atoms with van der Waals surface area (Å²) in [6.07, 6.45) is 0.641. The number of amides is 1. The summed E-state index contributed by atoms with van der Waals surface area (Å²) in [7, 11) is 0. The molecule has 0 saturated carbocycles. The average molecular weight is 517 g/mol. The van der Waals surface area contributed by atoms with Gasteiger partial charge in [0.2, 0.25) is 0 Å². The number of hydrogen-bond acceptors (Lipinski definition) is 5. The summed E-state index contributed by atoms with van der Waals surface area (Å²) < 4.78 is 12.2. The van der Waals surface area contributed by atoms with Crippen LogP contribution in [0.1, 0.15) is 22.8 Å². The Morgan fingerprint density at radius 1 is 0.912 bits per heavy atom. The normalized spacial score (nSPS) is 11.8. The average Bonchev–Trinajstić information content (AvgIpc) is 2.86. The van der Waals surface area contributed by atoms with Crippen LogP contribution in [-0.4, -0.2) is 24.2 Å². The minimum atomic E-state index is -0.777. The van der Waals surface area contributed by atoms with Gasteiger partial charge < -0.3 is 9.47 Å². The Morgan fingerprint density at radius 2 is 1.65 bits per heavy atom. The summed E-state index contributed by atoms with van der Waals surface area (Å²) in [5, 5.41) is 5.98. The highest BCUT2D eigenvalue weighted by Crippen LogP contribution is 2.26. The molecular weight excluding hydrogens is 496 g/mol. The number of ether oxygens (including phenoxy) is 2. The Kier molecular flexibility index (Phi) is 7.34. The molecule has 0 aliphatic heterocycles. The van der Waals surface area contributed by atoms with E-state index in [1.807, 2.05) is 48.5 Å². The lowest BCUT2D eigenvalue weighted by Gasteiger charge is -2.14. The van der Waals surface area contributed by atoms with Crippen LogP contribution in [0.3, 0.4) is 0 Å². The first-order valence-electron chi connectivity index (χ1n) is 10.6. The molecule has 6 nitrogen and oxygen atoms in total. The number of hydrazone groups is 1. The van der Waals surface area contributed by atoms with Crippen molar-refractivity contribution >= 4 is 44.8 Å². The third kappa shape index (κ3) is 5.68. The first-order chi connectivity index (χ1) is 16.5. The van der Waals surface area contributed by atoms with Gasteiger partial charge >= 0.3 is 5.97 Å². The fourth-order valence-electron chi connectivity index (χ4n) is 3.24. The highest BCUT2D eigenvalue weighted by atomic mass is 79.9. The highest BCUT2D eigenvalue weighted by molar-refractivity contribution is 9.10. The number of carbonyl (C=O) groups excluding carboxylic acids is 2. The molecule has 4 aromatic carbocycles. The van der Waals surface area contributed by atoms with Crippen molar-refractivity contribution in [2.24, 2.45) is 5.10 Å². The maximum atomic E-state index is 12.5. The second-order valence-electron chi connectivity index (χ2n) is 7.41. The van der Waals surface area contributed by atoms with E-state index in [1.54, 1.807) is 49.4 Å². The standard InChI is InChI=1S/C27H21BrN2O4/c1-18(33-25-13-7-11-19-8-5-6-12-23(19)25)26(31)30-29-17-21-16-22(28)14-15-24(21)34-27(32)20-9-3-2-4-10-20/h2-18H,1H3,(H,30,31)/b29-17-/t18-/m0/s1. The first kappa shape index (κ1) is 23.2. The minimum absolute atomic E-state index is 0.315. The zero-order valence-corrected chi connectivity index (χ0v) is 19.9. The summed E-state index contributed by atoms with van der Waals surface area (Å²) in [6, 6.07) is 27.3. The summed E-state index contributed by atoms with van der Waals surface area (Å²) >= 11 is 3.40. The Labute approximate surface area is 205 Å². The van der Waals surface area contributed by atoms with E-state index in [-0.39, 0.29) is 0 Å². The zero-order valence-electron chi connectivity index (χ0n) is 18.3. The molecule has 0 saturated heterocycles. The van der Waals surface area contributed by atoms with E-state index >= 15 is 0 Å². The fraction of sp³-hybridized carbons (Fsp3) is 0.0741. The minimum Gasteiger partial charge on any atom is -0.480 e. The molecule has 1 amide bonds. The van der Waals surface area contributed by atoms with Crippen molar-refractivity contribution in [2.45, 2.75) is 13.0 Å². The highest BCUT2D eigenvalue weighted by Gasteiger charge is 2.16. The smallest absolute Gasteiger partial charge is 0.343 e. The van der Waals surface area contributed by atoms with Gasteiger partial charge in [0.05, 0.1) is 11.8 Å². The number of halogens is 1. The van der Waals surface area contributed by atoms with Crippen LogP contribution in [0.25, 0.3) is 10.8 Å². The number of hydrogen-bond donors (Lipinski definition) is 1. The van der Waals surface area contributed by atoms with E-state index in [0.29, 0.717) is 22.6 Å². The molecule has 0 unspecified atom stereocenters. The topological polar surface area (TPSA) is 77.0 Å². The summed E-state index contributed by atoms with van der Waals surface area (Å²) in [4.78, 5) is 25.0. The van der Waals surface area contributed by atoms with Gasteiger partial charge in [0, 0.05) is 15.4 Å². The van der Waals surface area contributed by atoms with Crippen LogP contribution in [0.4, 0.5) is 0 Å². The molecule has 0 aliphatic rings. The number of nitrogens with one attached hydrogen (secondary N) is 1. The molecule has 0 spiro atoms. The monoisotopic (exact) mass is 516 g/mol. The van der Waals surface area contributed by atoms with E-state index in [2.05, 4.69) is 26.5 Å². The lowest BCUT2D eigenvalue weighted by molar-refractivity contribution is -0.127. The van der Waals surface area contributed by atoms with Gasteiger partial charge in [-0.15, -0.1) is 0 Å². The van der Waals surface area contributed by atoms with Gasteiger partial charge in [0.25, 0.3) is 5.91 Å². The molecule has 4 rings (SSSR count). The molecule has 0 heterocycles. The quantitative estimate of drug-likeness (QED) is 0.147. The number of nitrogens with zero attached hydrogens (tertiary/aromatic N) is 1. The van der Waals surface area contributed by atoms with Gasteiger partial charge in [0.15, 0.2) is 6.10 Å². The number of esters is 1. The van der Waals surface area contributed by atoms with Gasteiger partial charge in [-0.1, -0.05) is 70.5 Å². The van der Waals surface area contributed by atoms with Crippen molar-refractivity contribution in [1.82, 2.24) is 5.43 Å². The molecule has 0 bridgehead atoms. The number of benzene rings is 4. The Balaban J connectivity index is 1.43. The molecule has 1 atom stereocenters. The molecule has 7 heteroatoms. The molecule has 1 N–H and O–H groups in total. The lowest BCUT2D eigenvalue weighted by Crippen LogP contribution is -2.33. The third-order valence-electron chi connectivity index (χ3n) is 4.98. The van der Waals surface area contributed by atoms with Crippen LogP contribution in [0, 0.1) is 0 Å². The van der Waals surface area contributed by atoms with Crippen LogP contribution >= 0.6 is 15.9 Å². The van der Waals surface area contributed by atoms with Crippen molar-refractivity contribution < 1.29 is 19.1 Å². The Morgan fingerprint density at radius 3 is 2.47 bits per heavy atom. The van der Waals surface area contributed by atoms with E-state index in [0.717, 1.165) is 15.2 Å². The van der Waals surface area contributed by atoms with Gasteiger partial charge in [-0.3, -0.25) is 4.79 Å². The first-order valence-corrected chi connectivity index (χ1v) is 11.3. The van der Waals surface area contributed by atoms with Gasteiger partial charge in [-0.25, -0.2) is 10.2 Å². The third-order valence-corrected chi connectivity index (χ3v) is 5.48. The second kappa shape index (κ2) is 10.8. The van der Waals surface area contributed by atoms with Crippen LogP contribution in [0.2, 0.25) is 0 Å². The number of carbonyl (C=O) groups is 2. The predicted molar refractivity (Wildman–Crippen MR) is 135 cm³/mol. The summed E-state index contributed by atoms with van der Waals surface area (Å²) in [5.41, 5.74) is 3.43. The number of rotatable bonds is 7. The molecular formula is C27H21BrN2O4. The second-order valence-corrected chi connectivity index (χ2v) is 8.32. The van der Waals surface area contributed by atoms with Crippen molar-refractivity contribution in [1.29, 1.82) is 0 Å². The van der Waals surface area contributed by atoms with Crippen molar-refractivity contribution in [3.05, 3.63) is 107 Å². The largest absolute Gasteiger partial charge is 0.480 e. The summed E-state index contributed by atoms with van der Waals surface area (Å²) in [6.45, 7) is 1.65. The summed E-state index contributed by atoms with van der Waals surface area (Å²) in [5.74, 6) is 0.0302.